The molecule has 2 rings (SSSR count). The Morgan fingerprint density at radius 2 is 1.94 bits per heavy atom. The normalized spacial score (nSPS) is 35.1. The minimum Gasteiger partial charge on any atom is -0.393 e. The maximum atomic E-state index is 9.89. The van der Waals surface area contributed by atoms with Crippen LogP contribution in [0.2, 0.25) is 0 Å². The van der Waals surface area contributed by atoms with Crippen LogP contribution in [0.4, 0.5) is 0 Å². The second kappa shape index (κ2) is 6.69. The van der Waals surface area contributed by atoms with Crippen LogP contribution in [-0.2, 0) is 9.47 Å². The highest BCUT2D eigenvalue weighted by Gasteiger charge is 2.25. The van der Waals surface area contributed by atoms with Gasteiger partial charge in [-0.1, -0.05) is 0 Å². The minimum atomic E-state index is -0.186. The zero-order chi connectivity index (χ0) is 12.1. The zero-order valence-corrected chi connectivity index (χ0v) is 10.8. The molecule has 0 aliphatic carbocycles. The van der Waals surface area contributed by atoms with E-state index in [4.69, 9.17) is 9.47 Å². The largest absolute Gasteiger partial charge is 0.393 e. The highest BCUT2D eigenvalue weighted by molar-refractivity contribution is 4.76. The third-order valence-corrected chi connectivity index (χ3v) is 3.80. The molecule has 4 heteroatoms. The molecule has 2 aliphatic heterocycles. The lowest BCUT2D eigenvalue weighted by molar-refractivity contribution is -0.0475. The third-order valence-electron chi connectivity index (χ3n) is 3.80. The number of nitrogens with zero attached hydrogens (tertiary/aromatic N) is 1. The highest BCUT2D eigenvalue weighted by Crippen LogP contribution is 2.18. The number of hydrogen-bond acceptors (Lipinski definition) is 4. The molecule has 0 aromatic carbocycles. The Balaban J connectivity index is 1.70. The maximum Gasteiger partial charge on any atom is 0.0624 e. The van der Waals surface area contributed by atoms with Gasteiger partial charge in [-0.05, 0) is 32.2 Å². The monoisotopic (exact) mass is 243 g/mol. The van der Waals surface area contributed by atoms with Gasteiger partial charge in [0.1, 0.15) is 0 Å². The summed E-state index contributed by atoms with van der Waals surface area (Å²) in [5.74, 6) is 0.939. The predicted octanol–water partition coefficient (Wildman–Crippen LogP) is 0.742. The van der Waals surface area contributed by atoms with Crippen molar-refractivity contribution in [2.45, 2.75) is 25.4 Å². The lowest BCUT2D eigenvalue weighted by atomic mass is 9.97. The van der Waals surface area contributed by atoms with Crippen LogP contribution in [0.25, 0.3) is 0 Å². The molecule has 0 spiro atoms. The Kier molecular flexibility index (Phi) is 5.22. The lowest BCUT2D eigenvalue weighted by Crippen LogP contribution is -2.41. The summed E-state index contributed by atoms with van der Waals surface area (Å²) in [4.78, 5) is 2.32. The molecule has 17 heavy (non-hydrogen) atoms. The van der Waals surface area contributed by atoms with Crippen molar-refractivity contribution < 1.29 is 14.6 Å². The number of aliphatic hydroxyl groups is 1. The van der Waals surface area contributed by atoms with Crippen molar-refractivity contribution in [3.63, 3.8) is 0 Å². The van der Waals surface area contributed by atoms with E-state index >= 15 is 0 Å². The number of ether oxygens (including phenoxy) is 2. The molecular weight excluding hydrogens is 218 g/mol. The van der Waals surface area contributed by atoms with Gasteiger partial charge in [-0.15, -0.1) is 0 Å². The van der Waals surface area contributed by atoms with E-state index in [1.54, 1.807) is 0 Å². The van der Waals surface area contributed by atoms with Crippen LogP contribution in [0.3, 0.4) is 0 Å². The van der Waals surface area contributed by atoms with Gasteiger partial charge in [-0.2, -0.15) is 0 Å². The number of rotatable bonds is 4. The first kappa shape index (κ1) is 13.3. The Bertz CT molecular complexity index is 219. The molecule has 0 bridgehead atoms. The molecule has 3 atom stereocenters. The number of aliphatic hydroxyl groups excluding tert-OH is 1. The minimum absolute atomic E-state index is 0.186. The topological polar surface area (TPSA) is 41.9 Å². The van der Waals surface area contributed by atoms with Crippen LogP contribution in [-0.4, -0.2) is 62.7 Å². The van der Waals surface area contributed by atoms with Gasteiger partial charge in [-0.25, -0.2) is 0 Å². The fourth-order valence-corrected chi connectivity index (χ4v) is 2.83. The van der Waals surface area contributed by atoms with Crippen molar-refractivity contribution in [1.29, 1.82) is 0 Å². The first-order valence-electron chi connectivity index (χ1n) is 6.78. The SMILES string of the molecule is CN(CC1CCCOC1)CC1COCCC1O. The van der Waals surface area contributed by atoms with Gasteiger partial charge >= 0.3 is 0 Å². The second-order valence-electron chi connectivity index (χ2n) is 5.50. The van der Waals surface area contributed by atoms with Crippen LogP contribution in [0, 0.1) is 11.8 Å². The van der Waals surface area contributed by atoms with Gasteiger partial charge in [0, 0.05) is 32.2 Å². The molecule has 2 aliphatic rings. The van der Waals surface area contributed by atoms with Crippen LogP contribution in [0.5, 0.6) is 0 Å². The molecule has 100 valence electrons. The molecule has 0 aromatic heterocycles. The molecule has 1 N–H and O–H groups in total. The third kappa shape index (κ3) is 4.21. The van der Waals surface area contributed by atoms with Crippen LogP contribution < -0.4 is 0 Å². The molecule has 3 unspecified atom stereocenters. The summed E-state index contributed by atoms with van der Waals surface area (Å²) in [6.07, 6.45) is 3.06. The smallest absolute Gasteiger partial charge is 0.0624 e. The average molecular weight is 243 g/mol. The van der Waals surface area contributed by atoms with E-state index in [0.717, 1.165) is 32.7 Å². The molecule has 2 heterocycles. The van der Waals surface area contributed by atoms with Crippen molar-refractivity contribution in [3.8, 4) is 0 Å². The summed E-state index contributed by atoms with van der Waals surface area (Å²) in [6, 6.07) is 0. The molecular formula is C13H25NO3. The molecule has 4 nitrogen and oxygen atoms in total. The molecule has 0 radical (unpaired) electrons. The van der Waals surface area contributed by atoms with Gasteiger partial charge < -0.3 is 19.5 Å². The molecule has 0 saturated carbocycles. The molecule has 0 aromatic rings. The summed E-state index contributed by atoms with van der Waals surface area (Å²) >= 11 is 0. The van der Waals surface area contributed by atoms with E-state index in [-0.39, 0.29) is 12.0 Å². The maximum absolute atomic E-state index is 9.89. The Morgan fingerprint density at radius 1 is 1.12 bits per heavy atom. The Labute approximate surface area is 104 Å². The van der Waals surface area contributed by atoms with E-state index in [1.165, 1.54) is 12.8 Å². The standard InChI is InChI=1S/C13H25NO3/c1-14(7-11-3-2-5-16-9-11)8-12-10-17-6-4-13(12)15/h11-13,15H,2-10H2,1H3. The molecule has 2 fully saturated rings. The summed E-state index contributed by atoms with van der Waals surface area (Å²) < 4.78 is 10.9. The van der Waals surface area contributed by atoms with E-state index in [1.807, 2.05) is 0 Å². The van der Waals surface area contributed by atoms with Crippen molar-refractivity contribution >= 4 is 0 Å². The van der Waals surface area contributed by atoms with Crippen LogP contribution >= 0.6 is 0 Å². The fourth-order valence-electron chi connectivity index (χ4n) is 2.83. The summed E-state index contributed by atoms with van der Waals surface area (Å²) in [7, 11) is 2.13. The second-order valence-corrected chi connectivity index (χ2v) is 5.50. The summed E-state index contributed by atoms with van der Waals surface area (Å²) in [6.45, 7) is 5.23. The van der Waals surface area contributed by atoms with Gasteiger partial charge in [-0.3, -0.25) is 0 Å². The molecule has 0 amide bonds. The Morgan fingerprint density at radius 3 is 2.65 bits per heavy atom. The van der Waals surface area contributed by atoms with Gasteiger partial charge in [0.25, 0.3) is 0 Å². The summed E-state index contributed by atoms with van der Waals surface area (Å²) in [5, 5.41) is 9.89. The predicted molar refractivity (Wildman–Crippen MR) is 66.0 cm³/mol. The fraction of sp³-hybridized carbons (Fsp3) is 1.00. The van der Waals surface area contributed by atoms with Crippen molar-refractivity contribution in [2.24, 2.45) is 11.8 Å². The first-order chi connectivity index (χ1) is 8.25. The van der Waals surface area contributed by atoms with E-state index < -0.39 is 0 Å². The van der Waals surface area contributed by atoms with Gasteiger partial charge in [0.05, 0.1) is 19.3 Å². The van der Waals surface area contributed by atoms with E-state index in [9.17, 15) is 5.11 Å². The van der Waals surface area contributed by atoms with Crippen LogP contribution in [0.1, 0.15) is 19.3 Å². The zero-order valence-electron chi connectivity index (χ0n) is 10.8. The average Bonchev–Trinajstić information content (AvgIpc) is 2.33. The van der Waals surface area contributed by atoms with Crippen molar-refractivity contribution in [3.05, 3.63) is 0 Å². The van der Waals surface area contributed by atoms with Crippen molar-refractivity contribution in [2.75, 3.05) is 46.6 Å². The lowest BCUT2D eigenvalue weighted by Gasteiger charge is -2.33. The number of hydrogen-bond donors (Lipinski definition) is 1. The Hall–Kier alpha value is -0.160. The van der Waals surface area contributed by atoms with Crippen LogP contribution in [0.15, 0.2) is 0 Å². The first-order valence-corrected chi connectivity index (χ1v) is 6.78. The van der Waals surface area contributed by atoms with Crippen molar-refractivity contribution in [1.82, 2.24) is 4.90 Å². The van der Waals surface area contributed by atoms with Gasteiger partial charge in [0.15, 0.2) is 0 Å². The molecule has 2 saturated heterocycles. The van der Waals surface area contributed by atoms with Gasteiger partial charge in [0.2, 0.25) is 0 Å². The quantitative estimate of drug-likeness (QED) is 0.791. The van der Waals surface area contributed by atoms with E-state index in [2.05, 4.69) is 11.9 Å². The highest BCUT2D eigenvalue weighted by atomic mass is 16.5. The van der Waals surface area contributed by atoms with E-state index in [0.29, 0.717) is 19.1 Å². The summed E-state index contributed by atoms with van der Waals surface area (Å²) in [5.41, 5.74) is 0.